The second-order valence-electron chi connectivity index (χ2n) is 12.8. The number of hydrogen-bond donors (Lipinski definition) is 1. The number of nitro benzene ring substituents is 1. The standard InChI is InChI=1S/C37H31N13O3/c1-5-32(51)21-11-13-26-31(15-21)49-35(42-44-37(49)41-34(26)45(2)22-9-7-6-8-10-22)27-16-24(18-29-28(27)19-39-47(29)4)46(3)33-25-14-12-23(50(52)53)17-30(25)48-20-38-43-36(48)40-33/h6-20,32,51H,5H2,1-4H3. The van der Waals surface area contributed by atoms with Crippen LogP contribution in [0.3, 0.4) is 0 Å². The van der Waals surface area contributed by atoms with Crippen LogP contribution in [0.1, 0.15) is 25.0 Å². The summed E-state index contributed by atoms with van der Waals surface area (Å²) >= 11 is 0. The van der Waals surface area contributed by atoms with Crippen LogP contribution < -0.4 is 9.80 Å². The van der Waals surface area contributed by atoms with Crippen molar-refractivity contribution in [3.63, 3.8) is 0 Å². The molecule has 53 heavy (non-hydrogen) atoms. The minimum absolute atomic E-state index is 0.0573. The van der Waals surface area contributed by atoms with E-state index in [2.05, 4.69) is 20.4 Å². The summed E-state index contributed by atoms with van der Waals surface area (Å²) in [5.41, 5.74) is 5.28. The van der Waals surface area contributed by atoms with E-state index in [4.69, 9.17) is 15.1 Å². The van der Waals surface area contributed by atoms with Crippen LogP contribution in [-0.4, -0.2) is 73.1 Å². The topological polar surface area (TPSA) is 174 Å². The summed E-state index contributed by atoms with van der Waals surface area (Å²) in [6.45, 7) is 1.94. The molecule has 262 valence electrons. The van der Waals surface area contributed by atoms with E-state index < -0.39 is 11.0 Å². The number of non-ortho nitro benzene ring substituents is 1. The summed E-state index contributed by atoms with van der Waals surface area (Å²) in [5, 5.41) is 47.1. The molecule has 0 amide bonds. The number of aryl methyl sites for hydroxylation is 1. The molecule has 0 aliphatic rings. The second kappa shape index (κ2) is 12.0. The molecule has 0 bridgehead atoms. The summed E-state index contributed by atoms with van der Waals surface area (Å²) in [4.78, 5) is 25.0. The lowest BCUT2D eigenvalue weighted by atomic mass is 10.0. The highest BCUT2D eigenvalue weighted by atomic mass is 16.6. The molecule has 0 saturated heterocycles. The first-order valence-electron chi connectivity index (χ1n) is 16.8. The molecule has 16 heteroatoms. The maximum absolute atomic E-state index is 11.7. The lowest BCUT2D eigenvalue weighted by molar-refractivity contribution is -0.384. The number of anilines is 4. The molecule has 0 aliphatic heterocycles. The Bertz CT molecular complexity index is 2900. The molecule has 0 spiro atoms. The van der Waals surface area contributed by atoms with E-state index in [0.29, 0.717) is 46.3 Å². The maximum atomic E-state index is 11.7. The van der Waals surface area contributed by atoms with Crippen LogP contribution in [0.25, 0.3) is 55.7 Å². The maximum Gasteiger partial charge on any atom is 0.271 e. The highest BCUT2D eigenvalue weighted by Gasteiger charge is 2.24. The van der Waals surface area contributed by atoms with Gasteiger partial charge >= 0.3 is 0 Å². The summed E-state index contributed by atoms with van der Waals surface area (Å²) in [6.07, 6.45) is 3.17. The molecular weight excluding hydrogens is 674 g/mol. The molecule has 0 radical (unpaired) electrons. The monoisotopic (exact) mass is 705 g/mol. The molecular formula is C37H31N13O3. The molecule has 9 rings (SSSR count). The van der Waals surface area contributed by atoms with E-state index in [1.54, 1.807) is 21.3 Å². The van der Waals surface area contributed by atoms with Crippen molar-refractivity contribution in [2.24, 2.45) is 7.05 Å². The molecule has 5 heterocycles. The van der Waals surface area contributed by atoms with Crippen molar-refractivity contribution in [1.29, 1.82) is 0 Å². The third-order valence-corrected chi connectivity index (χ3v) is 9.81. The van der Waals surface area contributed by atoms with Crippen molar-refractivity contribution in [2.45, 2.75) is 19.4 Å². The van der Waals surface area contributed by atoms with Gasteiger partial charge in [-0.25, -0.2) is 0 Å². The van der Waals surface area contributed by atoms with E-state index in [0.717, 1.165) is 44.3 Å². The molecule has 4 aromatic carbocycles. The summed E-state index contributed by atoms with van der Waals surface area (Å²) in [6, 6.07) is 24.5. The van der Waals surface area contributed by atoms with Gasteiger partial charge < -0.3 is 14.9 Å². The number of benzene rings is 4. The molecule has 0 saturated carbocycles. The van der Waals surface area contributed by atoms with Crippen LogP contribution in [0.2, 0.25) is 0 Å². The Morgan fingerprint density at radius 1 is 0.811 bits per heavy atom. The van der Waals surface area contributed by atoms with Crippen molar-refractivity contribution >= 4 is 73.0 Å². The number of hydrogen-bond acceptors (Lipinski definition) is 12. The fraction of sp³-hybridized carbons (Fsp3) is 0.162. The first-order chi connectivity index (χ1) is 25.7. The van der Waals surface area contributed by atoms with Crippen molar-refractivity contribution in [3.8, 4) is 11.4 Å². The third kappa shape index (κ3) is 4.98. The van der Waals surface area contributed by atoms with Gasteiger partial charge in [0.2, 0.25) is 0 Å². The molecule has 1 atom stereocenters. The lowest BCUT2D eigenvalue weighted by Crippen LogP contribution is -2.14. The zero-order valence-corrected chi connectivity index (χ0v) is 29.0. The predicted molar refractivity (Wildman–Crippen MR) is 201 cm³/mol. The van der Waals surface area contributed by atoms with Gasteiger partial charge in [0.25, 0.3) is 17.2 Å². The van der Waals surface area contributed by atoms with Crippen molar-refractivity contribution in [3.05, 3.63) is 107 Å². The van der Waals surface area contributed by atoms with Crippen LogP contribution in [0, 0.1) is 10.1 Å². The normalized spacial score (nSPS) is 12.4. The first kappa shape index (κ1) is 31.9. The van der Waals surface area contributed by atoms with Gasteiger partial charge in [-0.15, -0.1) is 20.4 Å². The fourth-order valence-corrected chi connectivity index (χ4v) is 6.94. The van der Waals surface area contributed by atoms with Crippen molar-refractivity contribution in [1.82, 2.24) is 48.9 Å². The summed E-state index contributed by atoms with van der Waals surface area (Å²) in [5.74, 6) is 2.43. The fourth-order valence-electron chi connectivity index (χ4n) is 6.94. The Balaban J connectivity index is 1.28. The second-order valence-corrected chi connectivity index (χ2v) is 12.8. The molecule has 1 unspecified atom stereocenters. The van der Waals surface area contributed by atoms with Gasteiger partial charge in [0.15, 0.2) is 5.82 Å². The van der Waals surface area contributed by atoms with Gasteiger partial charge in [-0.2, -0.15) is 15.1 Å². The van der Waals surface area contributed by atoms with Crippen LogP contribution in [0.15, 0.2) is 91.4 Å². The zero-order chi connectivity index (χ0) is 36.5. The van der Waals surface area contributed by atoms with E-state index in [9.17, 15) is 15.2 Å². The minimum Gasteiger partial charge on any atom is -0.388 e. The van der Waals surface area contributed by atoms with Gasteiger partial charge in [0.1, 0.15) is 18.0 Å². The predicted octanol–water partition coefficient (Wildman–Crippen LogP) is 6.31. The van der Waals surface area contributed by atoms with E-state index in [1.807, 2.05) is 103 Å². The largest absolute Gasteiger partial charge is 0.388 e. The zero-order valence-electron chi connectivity index (χ0n) is 29.0. The summed E-state index contributed by atoms with van der Waals surface area (Å²) in [7, 11) is 5.71. The van der Waals surface area contributed by atoms with Gasteiger partial charge in [-0.3, -0.25) is 23.6 Å². The quantitative estimate of drug-likeness (QED) is 0.138. The van der Waals surface area contributed by atoms with E-state index in [-0.39, 0.29) is 5.69 Å². The molecule has 1 N–H and O–H groups in total. The van der Waals surface area contributed by atoms with E-state index in [1.165, 1.54) is 18.5 Å². The van der Waals surface area contributed by atoms with Gasteiger partial charge in [-0.05, 0) is 54.4 Å². The lowest BCUT2D eigenvalue weighted by Gasteiger charge is -2.22. The Morgan fingerprint density at radius 2 is 1.55 bits per heavy atom. The number of nitrogens with zero attached hydrogens (tertiary/aromatic N) is 13. The SMILES string of the molecule is CCC(O)c1ccc2c(N(C)c3ccccc3)nc3nnc(-c4cc(N(C)c5nc6nncn6c6cc([N+](=O)[O-])ccc56)cc5c4cnn5C)n3c2c1. The van der Waals surface area contributed by atoms with E-state index >= 15 is 0 Å². The Labute approximate surface area is 300 Å². The van der Waals surface area contributed by atoms with Crippen LogP contribution in [0.5, 0.6) is 0 Å². The molecule has 0 aliphatic carbocycles. The smallest absolute Gasteiger partial charge is 0.271 e. The van der Waals surface area contributed by atoms with Crippen LogP contribution in [0.4, 0.5) is 28.7 Å². The molecule has 9 aromatic rings. The van der Waals surface area contributed by atoms with Crippen molar-refractivity contribution < 1.29 is 10.0 Å². The average molecular weight is 706 g/mol. The number of para-hydroxylation sites is 1. The summed E-state index contributed by atoms with van der Waals surface area (Å²) < 4.78 is 5.34. The third-order valence-electron chi connectivity index (χ3n) is 9.81. The molecule has 16 nitrogen and oxygen atoms in total. The van der Waals surface area contributed by atoms with Crippen molar-refractivity contribution in [2.75, 3.05) is 23.9 Å². The van der Waals surface area contributed by atoms with Gasteiger partial charge in [-0.1, -0.05) is 31.2 Å². The molecule has 0 fully saturated rings. The van der Waals surface area contributed by atoms with Crippen LogP contribution in [-0.2, 0) is 7.05 Å². The van der Waals surface area contributed by atoms with Crippen LogP contribution >= 0.6 is 0 Å². The highest BCUT2D eigenvalue weighted by Crippen LogP contribution is 2.39. The first-order valence-corrected chi connectivity index (χ1v) is 16.8. The number of aliphatic hydroxyl groups excluding tert-OH is 1. The number of nitro groups is 1. The average Bonchev–Trinajstić information content (AvgIpc) is 3.95. The number of aromatic nitrogens is 10. The Kier molecular flexibility index (Phi) is 7.23. The Morgan fingerprint density at radius 3 is 2.32 bits per heavy atom. The highest BCUT2D eigenvalue weighted by molar-refractivity contribution is 6.01. The van der Waals surface area contributed by atoms with Gasteiger partial charge in [0.05, 0.1) is 33.8 Å². The number of rotatable bonds is 8. The van der Waals surface area contributed by atoms with Gasteiger partial charge in [0, 0.05) is 66.4 Å². The minimum atomic E-state index is -0.661. The Hall–Kier alpha value is -7.07. The number of fused-ring (bicyclic) bond motifs is 7. The molecule has 5 aromatic heterocycles. The number of aliphatic hydroxyl groups is 1.